The van der Waals surface area contributed by atoms with Crippen molar-refractivity contribution < 1.29 is 14.3 Å². The van der Waals surface area contributed by atoms with Crippen LogP contribution in [0.4, 0.5) is 4.79 Å². The Balaban J connectivity index is 1.30. The van der Waals surface area contributed by atoms with E-state index in [2.05, 4.69) is 15.3 Å². The van der Waals surface area contributed by atoms with E-state index in [-0.39, 0.29) is 12.0 Å². The van der Waals surface area contributed by atoms with E-state index in [0.29, 0.717) is 26.1 Å². The second-order valence-electron chi connectivity index (χ2n) is 8.82. The summed E-state index contributed by atoms with van der Waals surface area (Å²) >= 11 is 0. The number of carbonyl (C=O) groups is 2. The van der Waals surface area contributed by atoms with Gasteiger partial charge in [-0.05, 0) is 51.4 Å². The molecule has 1 N–H and O–H groups in total. The molecule has 0 atom stereocenters. The first-order valence-electron chi connectivity index (χ1n) is 10.9. The molecule has 1 fully saturated rings. The average molecular weight is 428 g/mol. The maximum absolute atomic E-state index is 12.2. The molecule has 168 valence electrons. The van der Waals surface area contributed by atoms with Gasteiger partial charge in [0.25, 0.3) is 0 Å². The highest BCUT2D eigenvalue weighted by molar-refractivity contribution is 5.78. The van der Waals surface area contributed by atoms with Gasteiger partial charge in [0.05, 0.1) is 18.3 Å². The van der Waals surface area contributed by atoms with E-state index >= 15 is 0 Å². The summed E-state index contributed by atoms with van der Waals surface area (Å²) in [4.78, 5) is 28.4. The van der Waals surface area contributed by atoms with Crippen LogP contribution in [-0.4, -0.2) is 76.5 Å². The third-order valence-corrected chi connectivity index (χ3v) is 5.02. The van der Waals surface area contributed by atoms with Crippen molar-refractivity contribution in [3.8, 4) is 5.69 Å². The summed E-state index contributed by atoms with van der Waals surface area (Å²) in [6.07, 6.45) is 4.58. The van der Waals surface area contributed by atoms with Gasteiger partial charge in [-0.2, -0.15) is 5.10 Å². The molecule has 2 heterocycles. The number of para-hydroxylation sites is 1. The van der Waals surface area contributed by atoms with Crippen LogP contribution in [0.5, 0.6) is 0 Å². The number of amides is 2. The monoisotopic (exact) mass is 427 g/mol. The Labute approximate surface area is 184 Å². The molecule has 0 saturated carbocycles. The van der Waals surface area contributed by atoms with Crippen molar-refractivity contribution >= 4 is 12.0 Å². The van der Waals surface area contributed by atoms with Crippen LogP contribution in [0.25, 0.3) is 5.69 Å². The predicted octanol–water partition coefficient (Wildman–Crippen LogP) is 2.47. The van der Waals surface area contributed by atoms with Gasteiger partial charge in [-0.1, -0.05) is 18.2 Å². The minimum absolute atomic E-state index is 0.00218. The van der Waals surface area contributed by atoms with E-state index in [1.54, 1.807) is 15.8 Å². The van der Waals surface area contributed by atoms with Gasteiger partial charge in [-0.15, -0.1) is 0 Å². The molecule has 1 aliphatic rings. The van der Waals surface area contributed by atoms with Crippen molar-refractivity contribution in [2.45, 2.75) is 39.2 Å². The second kappa shape index (κ2) is 10.4. The molecule has 2 amide bonds. The van der Waals surface area contributed by atoms with Crippen molar-refractivity contribution in [2.24, 2.45) is 0 Å². The molecule has 31 heavy (non-hydrogen) atoms. The molecule has 1 saturated heterocycles. The SMILES string of the molecule is CC(C)(C)OC(=O)N1CCN(CCCNC(=O)Cc2cnn(-c3ccccc3)c2)CC1. The molecule has 0 bridgehead atoms. The Bertz CT molecular complexity index is 852. The third-order valence-electron chi connectivity index (χ3n) is 5.02. The van der Waals surface area contributed by atoms with Crippen LogP contribution in [0.1, 0.15) is 32.8 Å². The fourth-order valence-corrected chi connectivity index (χ4v) is 3.43. The van der Waals surface area contributed by atoms with E-state index in [4.69, 9.17) is 4.74 Å². The lowest BCUT2D eigenvalue weighted by atomic mass is 10.2. The molecule has 0 aliphatic carbocycles. The Kier molecular flexibility index (Phi) is 7.68. The van der Waals surface area contributed by atoms with Gasteiger partial charge >= 0.3 is 6.09 Å². The fraction of sp³-hybridized carbons (Fsp3) is 0.522. The molecular weight excluding hydrogens is 394 g/mol. The minimum Gasteiger partial charge on any atom is -0.444 e. The van der Waals surface area contributed by atoms with Crippen LogP contribution in [0.2, 0.25) is 0 Å². The van der Waals surface area contributed by atoms with Gasteiger partial charge in [0, 0.05) is 38.9 Å². The first kappa shape index (κ1) is 22.8. The number of carbonyl (C=O) groups excluding carboxylic acids is 2. The molecule has 0 radical (unpaired) electrons. The number of benzene rings is 1. The summed E-state index contributed by atoms with van der Waals surface area (Å²) in [6.45, 7) is 10.2. The highest BCUT2D eigenvalue weighted by Gasteiger charge is 2.25. The van der Waals surface area contributed by atoms with Crippen LogP contribution in [0.15, 0.2) is 42.7 Å². The lowest BCUT2D eigenvalue weighted by Crippen LogP contribution is -2.50. The van der Waals surface area contributed by atoms with Crippen LogP contribution >= 0.6 is 0 Å². The van der Waals surface area contributed by atoms with Crippen molar-refractivity contribution in [3.05, 3.63) is 48.3 Å². The Morgan fingerprint density at radius 1 is 1.10 bits per heavy atom. The first-order valence-corrected chi connectivity index (χ1v) is 10.9. The normalized spacial score (nSPS) is 15.0. The van der Waals surface area contributed by atoms with Crippen molar-refractivity contribution in [3.63, 3.8) is 0 Å². The molecule has 3 rings (SSSR count). The average Bonchev–Trinajstić information content (AvgIpc) is 3.19. The van der Waals surface area contributed by atoms with E-state index in [0.717, 1.165) is 37.3 Å². The van der Waals surface area contributed by atoms with Crippen LogP contribution in [0, 0.1) is 0 Å². The number of aromatic nitrogens is 2. The molecule has 2 aromatic rings. The summed E-state index contributed by atoms with van der Waals surface area (Å²) in [7, 11) is 0. The topological polar surface area (TPSA) is 79.7 Å². The standard InChI is InChI=1S/C23H33N5O3/c1-23(2,3)31-22(30)27-14-12-26(13-15-27)11-7-10-24-21(29)16-19-17-25-28(18-19)20-8-5-4-6-9-20/h4-6,8-9,17-18H,7,10-16H2,1-3H3,(H,24,29). The quantitative estimate of drug-likeness (QED) is 0.687. The maximum Gasteiger partial charge on any atom is 0.410 e. The van der Waals surface area contributed by atoms with Gasteiger partial charge in [0.2, 0.25) is 5.91 Å². The second-order valence-corrected chi connectivity index (χ2v) is 8.82. The third kappa shape index (κ3) is 7.40. The molecule has 1 aromatic heterocycles. The zero-order valence-electron chi connectivity index (χ0n) is 18.7. The number of nitrogens with zero attached hydrogens (tertiary/aromatic N) is 4. The van der Waals surface area contributed by atoms with Crippen LogP contribution in [0.3, 0.4) is 0 Å². The largest absolute Gasteiger partial charge is 0.444 e. The Hall–Kier alpha value is -2.87. The summed E-state index contributed by atoms with van der Waals surface area (Å²) in [6, 6.07) is 9.83. The lowest BCUT2D eigenvalue weighted by Gasteiger charge is -2.35. The van der Waals surface area contributed by atoms with Crippen molar-refractivity contribution in [1.29, 1.82) is 0 Å². The molecule has 8 heteroatoms. The van der Waals surface area contributed by atoms with E-state index in [1.807, 2.05) is 57.3 Å². The molecular formula is C23H33N5O3. The van der Waals surface area contributed by atoms with Gasteiger partial charge < -0.3 is 15.0 Å². The number of nitrogens with one attached hydrogen (secondary N) is 1. The fourth-order valence-electron chi connectivity index (χ4n) is 3.43. The van der Waals surface area contributed by atoms with Crippen molar-refractivity contribution in [1.82, 2.24) is 24.9 Å². The number of rotatable bonds is 7. The van der Waals surface area contributed by atoms with Gasteiger partial charge in [0.1, 0.15) is 5.60 Å². The van der Waals surface area contributed by atoms with Crippen LogP contribution < -0.4 is 5.32 Å². The molecule has 0 spiro atoms. The summed E-state index contributed by atoms with van der Waals surface area (Å²) in [5, 5.41) is 7.31. The molecule has 0 unspecified atom stereocenters. The maximum atomic E-state index is 12.2. The molecule has 1 aromatic carbocycles. The van der Waals surface area contributed by atoms with Crippen LogP contribution in [-0.2, 0) is 16.0 Å². The first-order chi connectivity index (χ1) is 14.8. The molecule has 8 nitrogen and oxygen atoms in total. The van der Waals surface area contributed by atoms with E-state index < -0.39 is 5.60 Å². The smallest absolute Gasteiger partial charge is 0.410 e. The number of piperazine rings is 1. The highest BCUT2D eigenvalue weighted by atomic mass is 16.6. The summed E-state index contributed by atoms with van der Waals surface area (Å²) in [5.74, 6) is 0.00218. The highest BCUT2D eigenvalue weighted by Crippen LogP contribution is 2.12. The van der Waals surface area contributed by atoms with Gasteiger partial charge in [-0.25, -0.2) is 9.48 Å². The predicted molar refractivity (Wildman–Crippen MR) is 119 cm³/mol. The Morgan fingerprint density at radius 2 is 1.81 bits per heavy atom. The van der Waals surface area contributed by atoms with Gasteiger partial charge in [0.15, 0.2) is 0 Å². The number of hydrogen-bond acceptors (Lipinski definition) is 5. The molecule has 1 aliphatic heterocycles. The van der Waals surface area contributed by atoms with Gasteiger partial charge in [-0.3, -0.25) is 9.69 Å². The van der Waals surface area contributed by atoms with E-state index in [1.165, 1.54) is 0 Å². The van der Waals surface area contributed by atoms with E-state index in [9.17, 15) is 9.59 Å². The summed E-state index contributed by atoms with van der Waals surface area (Å²) < 4.78 is 7.21. The number of hydrogen-bond donors (Lipinski definition) is 1. The van der Waals surface area contributed by atoms with Crippen molar-refractivity contribution in [2.75, 3.05) is 39.3 Å². The zero-order chi connectivity index (χ0) is 22.3. The zero-order valence-corrected chi connectivity index (χ0v) is 18.7. The minimum atomic E-state index is -0.466. The Morgan fingerprint density at radius 3 is 2.48 bits per heavy atom. The lowest BCUT2D eigenvalue weighted by molar-refractivity contribution is -0.120. The summed E-state index contributed by atoms with van der Waals surface area (Å²) in [5.41, 5.74) is 1.40. The number of ether oxygens (including phenoxy) is 1.